The fourth-order valence-electron chi connectivity index (χ4n) is 2.20. The molecule has 1 saturated heterocycles. The highest BCUT2D eigenvalue weighted by molar-refractivity contribution is 5.55. The summed E-state index contributed by atoms with van der Waals surface area (Å²) in [6, 6.07) is 7.84. The molecule has 2 heterocycles. The molecule has 2 aromatic rings. The molecule has 3 rings (SSSR count). The summed E-state index contributed by atoms with van der Waals surface area (Å²) >= 11 is 0. The van der Waals surface area contributed by atoms with Crippen LogP contribution in [0.4, 0.5) is 0 Å². The van der Waals surface area contributed by atoms with E-state index in [1.807, 2.05) is 24.3 Å². The Bertz CT molecular complexity index is 530. The van der Waals surface area contributed by atoms with Crippen molar-refractivity contribution in [3.8, 4) is 17.1 Å². The molecular formula is C14H17N3O2. The van der Waals surface area contributed by atoms with E-state index in [0.29, 0.717) is 17.8 Å². The van der Waals surface area contributed by atoms with Gasteiger partial charge in [0.25, 0.3) is 0 Å². The monoisotopic (exact) mass is 259 g/mol. The number of nitrogens with zero attached hydrogens (tertiary/aromatic N) is 2. The van der Waals surface area contributed by atoms with Crippen molar-refractivity contribution in [3.05, 3.63) is 30.2 Å². The van der Waals surface area contributed by atoms with Crippen LogP contribution in [0, 0.1) is 6.92 Å². The first-order chi connectivity index (χ1) is 9.31. The molecule has 0 unspecified atom stereocenters. The van der Waals surface area contributed by atoms with Crippen molar-refractivity contribution in [2.75, 3.05) is 13.1 Å². The Labute approximate surface area is 112 Å². The highest BCUT2D eigenvalue weighted by atomic mass is 16.5. The molecule has 0 spiro atoms. The van der Waals surface area contributed by atoms with Crippen molar-refractivity contribution in [2.45, 2.75) is 25.9 Å². The van der Waals surface area contributed by atoms with Gasteiger partial charge in [-0.1, -0.05) is 5.16 Å². The average molecular weight is 259 g/mol. The zero-order valence-electron chi connectivity index (χ0n) is 10.9. The quantitative estimate of drug-likeness (QED) is 0.915. The summed E-state index contributed by atoms with van der Waals surface area (Å²) < 4.78 is 10.9. The highest BCUT2D eigenvalue weighted by Gasteiger charge is 2.14. The lowest BCUT2D eigenvalue weighted by atomic mass is 10.1. The minimum Gasteiger partial charge on any atom is -0.490 e. The molecule has 0 bridgehead atoms. The lowest BCUT2D eigenvalue weighted by Crippen LogP contribution is -2.34. The van der Waals surface area contributed by atoms with Crippen LogP contribution in [0.25, 0.3) is 11.4 Å². The van der Waals surface area contributed by atoms with E-state index in [4.69, 9.17) is 9.26 Å². The second-order valence-electron chi connectivity index (χ2n) is 4.73. The molecule has 1 fully saturated rings. The molecule has 0 saturated carbocycles. The van der Waals surface area contributed by atoms with Crippen molar-refractivity contribution in [2.24, 2.45) is 0 Å². The SMILES string of the molecule is Cc1nc(-c2ccc(OC3CCNCC3)cc2)no1. The van der Waals surface area contributed by atoms with Gasteiger partial charge >= 0.3 is 0 Å². The van der Waals surface area contributed by atoms with Gasteiger partial charge in [-0.15, -0.1) is 0 Å². The first-order valence-electron chi connectivity index (χ1n) is 6.59. The lowest BCUT2D eigenvalue weighted by molar-refractivity contribution is 0.162. The Balaban J connectivity index is 1.68. The van der Waals surface area contributed by atoms with E-state index in [1.165, 1.54) is 0 Å². The van der Waals surface area contributed by atoms with E-state index < -0.39 is 0 Å². The summed E-state index contributed by atoms with van der Waals surface area (Å²) in [5, 5.41) is 7.22. The molecule has 1 aliphatic rings. The number of piperidine rings is 1. The molecule has 0 radical (unpaired) electrons. The molecule has 0 aliphatic carbocycles. The van der Waals surface area contributed by atoms with Gasteiger partial charge < -0.3 is 14.6 Å². The summed E-state index contributed by atoms with van der Waals surface area (Å²) in [5.74, 6) is 2.09. The lowest BCUT2D eigenvalue weighted by Gasteiger charge is -2.23. The smallest absolute Gasteiger partial charge is 0.223 e. The van der Waals surface area contributed by atoms with Crippen LogP contribution in [0.3, 0.4) is 0 Å². The number of hydrogen-bond donors (Lipinski definition) is 1. The third-order valence-electron chi connectivity index (χ3n) is 3.23. The van der Waals surface area contributed by atoms with Crippen LogP contribution >= 0.6 is 0 Å². The van der Waals surface area contributed by atoms with Crippen molar-refractivity contribution < 1.29 is 9.26 Å². The number of hydrogen-bond acceptors (Lipinski definition) is 5. The van der Waals surface area contributed by atoms with Gasteiger partial charge in [-0.2, -0.15) is 4.98 Å². The van der Waals surface area contributed by atoms with E-state index in [9.17, 15) is 0 Å². The third kappa shape index (κ3) is 2.93. The maximum Gasteiger partial charge on any atom is 0.223 e. The molecule has 0 atom stereocenters. The molecule has 5 nitrogen and oxygen atoms in total. The Morgan fingerprint density at radius 1 is 1.21 bits per heavy atom. The minimum absolute atomic E-state index is 0.319. The second kappa shape index (κ2) is 5.40. The van der Waals surface area contributed by atoms with Gasteiger partial charge in [-0.05, 0) is 50.2 Å². The standard InChI is InChI=1S/C14H17N3O2/c1-10-16-14(17-19-10)11-2-4-12(5-3-11)18-13-6-8-15-9-7-13/h2-5,13,15H,6-9H2,1H3. The third-order valence-corrected chi connectivity index (χ3v) is 3.23. The summed E-state index contributed by atoms with van der Waals surface area (Å²) in [7, 11) is 0. The fourth-order valence-corrected chi connectivity index (χ4v) is 2.20. The first kappa shape index (κ1) is 12.2. The Hall–Kier alpha value is -1.88. The van der Waals surface area contributed by atoms with Gasteiger partial charge in [0.1, 0.15) is 11.9 Å². The van der Waals surface area contributed by atoms with E-state index >= 15 is 0 Å². The van der Waals surface area contributed by atoms with Crippen molar-refractivity contribution in [1.29, 1.82) is 0 Å². The van der Waals surface area contributed by atoms with Crippen LogP contribution < -0.4 is 10.1 Å². The molecule has 1 N–H and O–H groups in total. The largest absolute Gasteiger partial charge is 0.490 e. The maximum absolute atomic E-state index is 5.95. The number of benzene rings is 1. The first-order valence-corrected chi connectivity index (χ1v) is 6.59. The molecule has 100 valence electrons. The van der Waals surface area contributed by atoms with Crippen LogP contribution in [0.1, 0.15) is 18.7 Å². The predicted molar refractivity (Wildman–Crippen MR) is 71.0 cm³/mol. The molecule has 1 aromatic carbocycles. The summed E-state index contributed by atoms with van der Waals surface area (Å²) in [6.07, 6.45) is 2.44. The summed E-state index contributed by atoms with van der Waals surface area (Å²) in [4.78, 5) is 4.20. The molecular weight excluding hydrogens is 242 g/mol. The van der Waals surface area contributed by atoms with E-state index in [1.54, 1.807) is 6.92 Å². The zero-order chi connectivity index (χ0) is 13.1. The van der Waals surface area contributed by atoms with Crippen LogP contribution in [-0.2, 0) is 0 Å². The molecule has 19 heavy (non-hydrogen) atoms. The van der Waals surface area contributed by atoms with Crippen molar-refractivity contribution in [3.63, 3.8) is 0 Å². The zero-order valence-corrected chi connectivity index (χ0v) is 10.9. The van der Waals surface area contributed by atoms with Gasteiger partial charge in [-0.25, -0.2) is 0 Å². The highest BCUT2D eigenvalue weighted by Crippen LogP contribution is 2.22. The van der Waals surface area contributed by atoms with Gasteiger partial charge in [0.2, 0.25) is 11.7 Å². The van der Waals surface area contributed by atoms with E-state index in [-0.39, 0.29) is 0 Å². The molecule has 1 aromatic heterocycles. The Morgan fingerprint density at radius 3 is 2.58 bits per heavy atom. The van der Waals surface area contributed by atoms with E-state index in [2.05, 4.69) is 15.5 Å². The van der Waals surface area contributed by atoms with E-state index in [0.717, 1.165) is 37.2 Å². The summed E-state index contributed by atoms with van der Waals surface area (Å²) in [5.41, 5.74) is 0.939. The van der Waals surface area contributed by atoms with Crippen LogP contribution in [-0.4, -0.2) is 29.3 Å². The van der Waals surface area contributed by atoms with Crippen LogP contribution in [0.15, 0.2) is 28.8 Å². The number of aromatic nitrogens is 2. The van der Waals surface area contributed by atoms with Gasteiger partial charge in [0, 0.05) is 12.5 Å². The number of ether oxygens (including phenoxy) is 1. The second-order valence-corrected chi connectivity index (χ2v) is 4.73. The minimum atomic E-state index is 0.319. The van der Waals surface area contributed by atoms with Crippen molar-refractivity contribution in [1.82, 2.24) is 15.5 Å². The van der Waals surface area contributed by atoms with Gasteiger partial charge in [-0.3, -0.25) is 0 Å². The van der Waals surface area contributed by atoms with Crippen LogP contribution in [0.2, 0.25) is 0 Å². The number of aryl methyl sites for hydroxylation is 1. The Kier molecular flexibility index (Phi) is 3.46. The summed E-state index contributed by atoms with van der Waals surface area (Å²) in [6.45, 7) is 3.85. The normalized spacial score (nSPS) is 16.5. The molecule has 5 heteroatoms. The topological polar surface area (TPSA) is 60.2 Å². The molecule has 1 aliphatic heterocycles. The predicted octanol–water partition coefficient (Wildman–Crippen LogP) is 2.18. The van der Waals surface area contributed by atoms with Gasteiger partial charge in [0.05, 0.1) is 0 Å². The number of rotatable bonds is 3. The Morgan fingerprint density at radius 2 is 1.95 bits per heavy atom. The maximum atomic E-state index is 5.95. The average Bonchev–Trinajstić information content (AvgIpc) is 2.87. The number of nitrogens with one attached hydrogen (secondary N) is 1. The molecule has 0 amide bonds. The van der Waals surface area contributed by atoms with Gasteiger partial charge in [0.15, 0.2) is 0 Å². The van der Waals surface area contributed by atoms with Crippen molar-refractivity contribution >= 4 is 0 Å². The fraction of sp³-hybridized carbons (Fsp3) is 0.429. The van der Waals surface area contributed by atoms with Crippen LogP contribution in [0.5, 0.6) is 5.75 Å².